The van der Waals surface area contributed by atoms with Gasteiger partial charge in [0.25, 0.3) is 0 Å². The van der Waals surface area contributed by atoms with E-state index in [4.69, 9.17) is 31.3 Å². The van der Waals surface area contributed by atoms with Gasteiger partial charge in [-0.05, 0) is 95.6 Å². The summed E-state index contributed by atoms with van der Waals surface area (Å²) in [6.07, 6.45) is 8.62. The lowest BCUT2D eigenvalue weighted by atomic mass is 10.1. The molecule has 0 saturated carbocycles. The molecular weight excluding hydrogens is 550 g/mol. The highest BCUT2D eigenvalue weighted by atomic mass is 15.4. The van der Waals surface area contributed by atoms with Crippen molar-refractivity contribution in [3.05, 3.63) is 58.6 Å². The van der Waals surface area contributed by atoms with Gasteiger partial charge < -0.3 is 20.9 Å². The van der Waals surface area contributed by atoms with Gasteiger partial charge in [-0.15, -0.1) is 10.2 Å². The van der Waals surface area contributed by atoms with Crippen LogP contribution >= 0.6 is 0 Å². The van der Waals surface area contributed by atoms with Crippen LogP contribution in [-0.4, -0.2) is 62.8 Å². The third-order valence-electron chi connectivity index (χ3n) is 9.34. The number of hydrogen-bond acceptors (Lipinski definition) is 8. The number of aliphatic imine (C=N–C) groups is 2. The van der Waals surface area contributed by atoms with Crippen molar-refractivity contribution < 1.29 is 0 Å². The van der Waals surface area contributed by atoms with Gasteiger partial charge in [0.1, 0.15) is 11.4 Å². The molecule has 44 heavy (non-hydrogen) atoms. The second-order valence-electron chi connectivity index (χ2n) is 12.3. The van der Waals surface area contributed by atoms with E-state index >= 15 is 0 Å². The van der Waals surface area contributed by atoms with E-state index in [1.54, 1.807) is 6.08 Å². The predicted molar refractivity (Wildman–Crippen MR) is 180 cm³/mol. The lowest BCUT2D eigenvalue weighted by molar-refractivity contribution is 0.572. The molecule has 228 valence electrons. The molecule has 0 aliphatic carbocycles. The van der Waals surface area contributed by atoms with Crippen molar-refractivity contribution in [2.45, 2.75) is 66.2 Å². The lowest BCUT2D eigenvalue weighted by Gasteiger charge is -2.28. The number of nitrogens with two attached hydrogens (primary N) is 1. The van der Waals surface area contributed by atoms with Gasteiger partial charge in [0, 0.05) is 37.6 Å². The zero-order chi connectivity index (χ0) is 30.5. The molecular formula is C33H41N11. The summed E-state index contributed by atoms with van der Waals surface area (Å²) in [6.45, 7) is 12.2. The number of nitrogens with one attached hydrogen (secondary N) is 2. The first-order chi connectivity index (χ1) is 21.3. The number of rotatable bonds is 4. The fourth-order valence-corrected chi connectivity index (χ4v) is 6.43. The second kappa shape index (κ2) is 11.1. The van der Waals surface area contributed by atoms with Gasteiger partial charge in [0.2, 0.25) is 0 Å². The molecule has 0 bridgehead atoms. The average Bonchev–Trinajstić information content (AvgIpc) is 3.59. The molecule has 3 aliphatic heterocycles. The van der Waals surface area contributed by atoms with E-state index in [0.29, 0.717) is 17.4 Å². The van der Waals surface area contributed by atoms with Crippen LogP contribution in [0, 0.1) is 33.1 Å². The molecule has 7 rings (SSSR count). The Morgan fingerprint density at radius 3 is 1.93 bits per heavy atom. The minimum atomic E-state index is 0.205. The first kappa shape index (κ1) is 28.1. The number of dihydropyridines is 1. The minimum absolute atomic E-state index is 0.205. The van der Waals surface area contributed by atoms with Crippen LogP contribution in [0.1, 0.15) is 61.0 Å². The molecule has 2 saturated heterocycles. The monoisotopic (exact) mass is 591 g/mol. The molecule has 4 aromatic rings. The third kappa shape index (κ3) is 4.80. The Balaban J connectivity index is 1.34. The van der Waals surface area contributed by atoms with Gasteiger partial charge in [-0.25, -0.2) is 19.0 Å². The summed E-state index contributed by atoms with van der Waals surface area (Å²) >= 11 is 0. The standard InChI is InChI=1S/C33H41N11/c1-20-11-13-26-28(32(39-43(26)22(20)3)41-15-7-5-8-16-41)36-30-24(34)19-25(35)31(38-30)37-29-27-14-12-21(2)23(4)44(27)40-33(29)42-17-9-6-10-18-42/h11-14,19,34H,5-10,15-18,35H2,1-4H3,(H,36,37,38). The second-order valence-corrected chi connectivity index (χ2v) is 12.3. The molecule has 11 nitrogen and oxygen atoms in total. The van der Waals surface area contributed by atoms with Gasteiger partial charge in [-0.1, -0.05) is 12.1 Å². The van der Waals surface area contributed by atoms with E-state index in [1.165, 1.54) is 24.0 Å². The summed E-state index contributed by atoms with van der Waals surface area (Å²) in [5, 5.41) is 22.5. The largest absolute Gasteiger partial charge is 0.396 e. The number of aryl methyl sites for hydroxylation is 4. The summed E-state index contributed by atoms with van der Waals surface area (Å²) in [7, 11) is 0. The first-order valence-corrected chi connectivity index (χ1v) is 15.8. The Bertz CT molecular complexity index is 1870. The first-order valence-electron chi connectivity index (χ1n) is 15.8. The number of fused-ring (bicyclic) bond motifs is 2. The molecule has 3 aliphatic rings. The molecule has 4 aromatic heterocycles. The topological polar surface area (TPSA) is 128 Å². The van der Waals surface area contributed by atoms with E-state index in [-0.39, 0.29) is 5.71 Å². The van der Waals surface area contributed by atoms with Crippen molar-refractivity contribution in [3.8, 4) is 0 Å². The zero-order valence-electron chi connectivity index (χ0n) is 26.1. The molecule has 11 heteroatoms. The Morgan fingerprint density at radius 1 is 0.750 bits per heavy atom. The number of nitrogens with zero attached hydrogens (tertiary/aromatic N) is 8. The van der Waals surface area contributed by atoms with Crippen LogP contribution in [0.15, 0.2) is 46.0 Å². The van der Waals surface area contributed by atoms with Crippen LogP contribution in [0.5, 0.6) is 0 Å². The van der Waals surface area contributed by atoms with E-state index in [2.05, 4.69) is 67.1 Å². The molecule has 4 N–H and O–H groups in total. The van der Waals surface area contributed by atoms with Crippen molar-refractivity contribution in [2.24, 2.45) is 15.7 Å². The molecule has 0 spiro atoms. The van der Waals surface area contributed by atoms with Crippen molar-refractivity contribution in [2.75, 3.05) is 41.3 Å². The summed E-state index contributed by atoms with van der Waals surface area (Å²) in [5.41, 5.74) is 15.1. The van der Waals surface area contributed by atoms with Gasteiger partial charge >= 0.3 is 0 Å². The maximum absolute atomic E-state index is 8.83. The predicted octanol–water partition coefficient (Wildman–Crippen LogP) is 5.61. The fraction of sp³-hybridized carbons (Fsp3) is 0.424. The molecule has 0 atom stereocenters. The van der Waals surface area contributed by atoms with Gasteiger partial charge in [0.15, 0.2) is 23.3 Å². The molecule has 0 amide bonds. The molecule has 0 aromatic carbocycles. The van der Waals surface area contributed by atoms with Crippen LogP contribution in [0.4, 0.5) is 23.0 Å². The normalized spacial score (nSPS) is 18.8. The maximum Gasteiger partial charge on any atom is 0.178 e. The van der Waals surface area contributed by atoms with E-state index < -0.39 is 0 Å². The highest BCUT2D eigenvalue weighted by Crippen LogP contribution is 2.37. The maximum atomic E-state index is 8.83. The van der Waals surface area contributed by atoms with Crippen LogP contribution in [0.25, 0.3) is 11.0 Å². The summed E-state index contributed by atoms with van der Waals surface area (Å²) in [4.78, 5) is 14.6. The van der Waals surface area contributed by atoms with Crippen LogP contribution < -0.4 is 20.9 Å². The SMILES string of the molecule is Cc1ccc2c(N=C3N=C(Nc4c(N5CCCCC5)nn5c(C)c(C)ccc45)C(=N)C=C3N)c(N3CCCCC3)nn2c1C. The molecule has 0 unspecified atom stereocenters. The van der Waals surface area contributed by atoms with E-state index in [0.717, 1.165) is 97.3 Å². The Morgan fingerprint density at radius 2 is 1.30 bits per heavy atom. The number of anilines is 3. The Kier molecular flexibility index (Phi) is 7.10. The zero-order valence-corrected chi connectivity index (χ0v) is 26.1. The van der Waals surface area contributed by atoms with Crippen molar-refractivity contribution in [1.82, 2.24) is 19.2 Å². The quantitative estimate of drug-likeness (QED) is 0.283. The fourth-order valence-electron chi connectivity index (χ4n) is 6.43. The summed E-state index contributed by atoms with van der Waals surface area (Å²) in [6, 6.07) is 8.39. The third-order valence-corrected chi connectivity index (χ3v) is 9.34. The molecule has 0 radical (unpaired) electrons. The number of piperidine rings is 2. The highest BCUT2D eigenvalue weighted by molar-refractivity contribution is 6.52. The molecule has 7 heterocycles. The van der Waals surface area contributed by atoms with Gasteiger partial charge in [0.05, 0.1) is 22.4 Å². The summed E-state index contributed by atoms with van der Waals surface area (Å²) in [5.74, 6) is 2.51. The van der Waals surface area contributed by atoms with Crippen LogP contribution in [0.3, 0.4) is 0 Å². The van der Waals surface area contributed by atoms with Crippen molar-refractivity contribution in [1.29, 1.82) is 5.41 Å². The summed E-state index contributed by atoms with van der Waals surface area (Å²) < 4.78 is 3.99. The number of hydrogen-bond donors (Lipinski definition) is 3. The lowest BCUT2D eigenvalue weighted by Crippen LogP contribution is -2.32. The van der Waals surface area contributed by atoms with Crippen molar-refractivity contribution in [3.63, 3.8) is 0 Å². The van der Waals surface area contributed by atoms with Gasteiger partial charge in [-0.3, -0.25) is 5.41 Å². The Hall–Kier alpha value is -4.67. The number of amidine groups is 2. The Labute approximate surface area is 257 Å². The van der Waals surface area contributed by atoms with Crippen molar-refractivity contribution >= 4 is 51.4 Å². The van der Waals surface area contributed by atoms with Crippen LogP contribution in [-0.2, 0) is 0 Å². The van der Waals surface area contributed by atoms with E-state index in [9.17, 15) is 0 Å². The smallest absolute Gasteiger partial charge is 0.178 e. The minimum Gasteiger partial charge on any atom is -0.396 e. The number of pyridine rings is 2. The highest BCUT2D eigenvalue weighted by Gasteiger charge is 2.27. The van der Waals surface area contributed by atoms with Gasteiger partial charge in [-0.2, -0.15) is 0 Å². The number of aromatic nitrogens is 4. The van der Waals surface area contributed by atoms with E-state index in [1.807, 2.05) is 9.03 Å². The average molecular weight is 592 g/mol. The molecule has 2 fully saturated rings. The van der Waals surface area contributed by atoms with Crippen LogP contribution in [0.2, 0.25) is 0 Å².